The number of hydrogen-bond acceptors (Lipinski definition) is 6. The zero-order valence-corrected chi connectivity index (χ0v) is 16.0. The summed E-state index contributed by atoms with van der Waals surface area (Å²) in [6, 6.07) is 2.41. The molecule has 0 radical (unpaired) electrons. The van der Waals surface area contributed by atoms with Gasteiger partial charge in [-0.25, -0.2) is 9.78 Å². The minimum Gasteiger partial charge on any atom is -0.480 e. The average molecular weight is 380 g/mol. The maximum Gasteiger partial charge on any atom is 0.326 e. The van der Waals surface area contributed by atoms with Gasteiger partial charge in [-0.3, -0.25) is 9.59 Å². The van der Waals surface area contributed by atoms with Crippen molar-refractivity contribution in [1.29, 1.82) is 0 Å². The van der Waals surface area contributed by atoms with Gasteiger partial charge in [-0.15, -0.1) is 11.8 Å². The van der Waals surface area contributed by atoms with Crippen molar-refractivity contribution in [3.05, 3.63) is 35.3 Å². The number of amides is 2. The third-order valence-corrected chi connectivity index (χ3v) is 4.33. The van der Waals surface area contributed by atoms with E-state index in [0.717, 1.165) is 0 Å². The molecule has 9 heteroatoms. The second-order valence-electron chi connectivity index (χ2n) is 5.75. The van der Waals surface area contributed by atoms with E-state index >= 15 is 0 Å². The molecule has 0 aliphatic carbocycles. The molecule has 1 rings (SSSR count). The van der Waals surface area contributed by atoms with Crippen LogP contribution < -0.4 is 16.4 Å². The second kappa shape index (κ2) is 9.93. The fraction of sp³-hybridized carbons (Fsp3) is 0.412. The summed E-state index contributed by atoms with van der Waals surface area (Å²) in [4.78, 5) is 41.0. The van der Waals surface area contributed by atoms with Crippen LogP contribution in [0.15, 0.2) is 28.8 Å². The van der Waals surface area contributed by atoms with Crippen molar-refractivity contribution in [3.8, 4) is 0 Å². The zero-order chi connectivity index (χ0) is 19.9. The molecule has 1 heterocycles. The van der Waals surface area contributed by atoms with Crippen LogP contribution in [-0.4, -0.2) is 40.2 Å². The highest BCUT2D eigenvalue weighted by molar-refractivity contribution is 7.98. The van der Waals surface area contributed by atoms with Crippen molar-refractivity contribution in [2.75, 3.05) is 6.26 Å². The number of hydrogen-bond donors (Lipinski definition) is 4. The van der Waals surface area contributed by atoms with Gasteiger partial charge in [0.25, 0.3) is 11.8 Å². The number of nitrogens with two attached hydrogens (primary N) is 1. The highest BCUT2D eigenvalue weighted by Gasteiger charge is 2.26. The Labute approximate surface area is 156 Å². The van der Waals surface area contributed by atoms with Crippen LogP contribution in [0.1, 0.15) is 37.0 Å². The number of pyridine rings is 1. The van der Waals surface area contributed by atoms with E-state index in [2.05, 4.69) is 15.6 Å². The molecule has 1 aromatic heterocycles. The van der Waals surface area contributed by atoms with Gasteiger partial charge in [-0.05, 0) is 31.2 Å². The topological polar surface area (TPSA) is 134 Å². The highest BCUT2D eigenvalue weighted by atomic mass is 32.2. The minimum absolute atomic E-state index is 0.0473. The smallest absolute Gasteiger partial charge is 0.326 e. The molecule has 26 heavy (non-hydrogen) atoms. The summed E-state index contributed by atoms with van der Waals surface area (Å²) in [6.45, 7) is 5.11. The lowest BCUT2D eigenvalue weighted by Gasteiger charge is -2.19. The number of carbonyl (C=O) groups is 3. The largest absolute Gasteiger partial charge is 0.480 e. The Balaban J connectivity index is 2.99. The number of aliphatic carboxylic acids is 1. The number of carbonyl (C=O) groups excluding carboxylic acids is 2. The van der Waals surface area contributed by atoms with E-state index in [1.807, 2.05) is 0 Å². The van der Waals surface area contributed by atoms with Crippen LogP contribution >= 0.6 is 11.8 Å². The summed E-state index contributed by atoms with van der Waals surface area (Å²) < 4.78 is 0. The second-order valence-corrected chi connectivity index (χ2v) is 6.60. The van der Waals surface area contributed by atoms with Gasteiger partial charge in [0.2, 0.25) is 0 Å². The standard InChI is InChI=1S/C17H24N4O4S/c1-5-11(15(22)21-13(9(2)3)17(24)25)20-16(23)14-12(26-4)7-6-10(8-18)19-14/h5-7,9,13H,8,18H2,1-4H3,(H,20,23)(H,21,22)(H,24,25)/b11-5-/t13-/m0/s1. The number of nitrogens with one attached hydrogen (secondary N) is 2. The number of thioether (sulfide) groups is 1. The molecule has 0 saturated heterocycles. The molecule has 0 spiro atoms. The molecule has 142 valence electrons. The summed E-state index contributed by atoms with van der Waals surface area (Å²) in [5, 5.41) is 14.1. The molecule has 5 N–H and O–H groups in total. The van der Waals surface area contributed by atoms with Crippen molar-refractivity contribution in [2.45, 2.75) is 38.3 Å². The summed E-state index contributed by atoms with van der Waals surface area (Å²) >= 11 is 1.34. The number of carboxylic acid groups (broad SMARTS) is 1. The first kappa shape index (κ1) is 21.7. The lowest BCUT2D eigenvalue weighted by molar-refractivity contribution is -0.142. The fourth-order valence-corrected chi connectivity index (χ4v) is 2.64. The Kier molecular flexibility index (Phi) is 8.27. The van der Waals surface area contributed by atoms with Crippen LogP contribution in [0, 0.1) is 5.92 Å². The van der Waals surface area contributed by atoms with Gasteiger partial charge >= 0.3 is 5.97 Å². The zero-order valence-electron chi connectivity index (χ0n) is 15.2. The van der Waals surface area contributed by atoms with E-state index < -0.39 is 23.8 Å². The van der Waals surface area contributed by atoms with Crippen LogP contribution in [-0.2, 0) is 16.1 Å². The molecule has 0 aliphatic heterocycles. The van der Waals surface area contributed by atoms with E-state index in [4.69, 9.17) is 5.73 Å². The molecule has 0 aromatic carbocycles. The molecule has 2 amide bonds. The summed E-state index contributed by atoms with van der Waals surface area (Å²) in [5.74, 6) is -2.69. The lowest BCUT2D eigenvalue weighted by Crippen LogP contribution is -2.47. The molecule has 8 nitrogen and oxygen atoms in total. The number of carboxylic acids is 1. The van der Waals surface area contributed by atoms with Gasteiger partial charge in [0.1, 0.15) is 17.4 Å². The number of aromatic nitrogens is 1. The Morgan fingerprint density at radius 1 is 1.35 bits per heavy atom. The molecule has 0 bridgehead atoms. The maximum atomic E-state index is 12.6. The molecule has 0 saturated carbocycles. The van der Waals surface area contributed by atoms with Crippen LogP contribution in [0.2, 0.25) is 0 Å². The predicted molar refractivity (Wildman–Crippen MR) is 99.5 cm³/mol. The number of nitrogens with zero attached hydrogens (tertiary/aromatic N) is 1. The van der Waals surface area contributed by atoms with Crippen molar-refractivity contribution in [3.63, 3.8) is 0 Å². The molecule has 1 aromatic rings. The minimum atomic E-state index is -1.14. The molecule has 0 unspecified atom stereocenters. The first-order chi connectivity index (χ1) is 12.2. The van der Waals surface area contributed by atoms with Crippen LogP contribution in [0.4, 0.5) is 0 Å². The Morgan fingerprint density at radius 2 is 2.00 bits per heavy atom. The monoisotopic (exact) mass is 380 g/mol. The predicted octanol–water partition coefficient (Wildman–Crippen LogP) is 1.12. The quantitative estimate of drug-likeness (QED) is 0.392. The molecule has 0 aliphatic rings. The van der Waals surface area contributed by atoms with Crippen molar-refractivity contribution < 1.29 is 19.5 Å². The molecule has 1 atom stereocenters. The van der Waals surface area contributed by atoms with Crippen LogP contribution in [0.5, 0.6) is 0 Å². The van der Waals surface area contributed by atoms with E-state index in [0.29, 0.717) is 10.6 Å². The first-order valence-electron chi connectivity index (χ1n) is 8.00. The Hall–Kier alpha value is -2.39. The summed E-state index contributed by atoms with van der Waals surface area (Å²) in [5.41, 5.74) is 6.22. The van der Waals surface area contributed by atoms with E-state index in [1.165, 1.54) is 17.8 Å². The van der Waals surface area contributed by atoms with Gasteiger partial charge in [0.05, 0.1) is 5.69 Å². The van der Waals surface area contributed by atoms with Crippen molar-refractivity contribution in [2.24, 2.45) is 11.7 Å². The first-order valence-corrected chi connectivity index (χ1v) is 9.22. The summed E-state index contributed by atoms with van der Waals surface area (Å²) in [6.07, 6.45) is 3.21. The van der Waals surface area contributed by atoms with Gasteiger partial charge in [-0.2, -0.15) is 0 Å². The highest BCUT2D eigenvalue weighted by Crippen LogP contribution is 2.19. The third-order valence-electron chi connectivity index (χ3n) is 3.56. The van der Waals surface area contributed by atoms with E-state index in [1.54, 1.807) is 39.2 Å². The average Bonchev–Trinajstić information content (AvgIpc) is 2.62. The Bertz CT molecular complexity index is 719. The summed E-state index contributed by atoms with van der Waals surface area (Å²) in [7, 11) is 0. The number of allylic oxidation sites excluding steroid dienone is 1. The van der Waals surface area contributed by atoms with Crippen molar-refractivity contribution >= 4 is 29.5 Å². The van der Waals surface area contributed by atoms with E-state index in [-0.39, 0.29) is 23.9 Å². The van der Waals surface area contributed by atoms with Gasteiger partial charge in [0, 0.05) is 11.4 Å². The van der Waals surface area contributed by atoms with Gasteiger partial charge in [-0.1, -0.05) is 19.9 Å². The van der Waals surface area contributed by atoms with Gasteiger partial charge < -0.3 is 21.5 Å². The molecular formula is C17H24N4O4S. The molecular weight excluding hydrogens is 356 g/mol. The SMILES string of the molecule is C/C=C(\NC(=O)c1nc(CN)ccc1SC)C(=O)N[C@H](C(=O)O)C(C)C. The van der Waals surface area contributed by atoms with Crippen LogP contribution in [0.3, 0.4) is 0 Å². The van der Waals surface area contributed by atoms with Crippen molar-refractivity contribution in [1.82, 2.24) is 15.6 Å². The number of rotatable bonds is 8. The maximum absolute atomic E-state index is 12.6. The van der Waals surface area contributed by atoms with Crippen LogP contribution in [0.25, 0.3) is 0 Å². The fourth-order valence-electron chi connectivity index (χ4n) is 2.10. The third kappa shape index (κ3) is 5.57. The van der Waals surface area contributed by atoms with Gasteiger partial charge in [0.15, 0.2) is 0 Å². The Morgan fingerprint density at radius 3 is 2.46 bits per heavy atom. The lowest BCUT2D eigenvalue weighted by atomic mass is 10.0. The molecule has 0 fully saturated rings. The normalized spacial score (nSPS) is 12.6. The van der Waals surface area contributed by atoms with E-state index in [9.17, 15) is 19.5 Å².